The summed E-state index contributed by atoms with van der Waals surface area (Å²) < 4.78 is 23.3. The number of sulfone groups is 1. The van der Waals surface area contributed by atoms with Crippen LogP contribution in [-0.2, 0) is 22.7 Å². The lowest BCUT2D eigenvalue weighted by Crippen LogP contribution is -2.33. The Labute approximate surface area is 191 Å². The van der Waals surface area contributed by atoms with Gasteiger partial charge in [-0.15, -0.1) is 0 Å². The van der Waals surface area contributed by atoms with Crippen molar-refractivity contribution in [3.63, 3.8) is 0 Å². The van der Waals surface area contributed by atoms with Crippen LogP contribution in [0.15, 0.2) is 41.3 Å². The zero-order valence-corrected chi connectivity index (χ0v) is 19.7. The minimum atomic E-state index is -3.16. The number of rotatable bonds is 11. The summed E-state index contributed by atoms with van der Waals surface area (Å²) in [5, 5.41) is 23.4. The number of hydrogen-bond acceptors (Lipinski definition) is 6. The van der Waals surface area contributed by atoms with Gasteiger partial charge in [-0.25, -0.2) is 8.42 Å². The van der Waals surface area contributed by atoms with Crippen LogP contribution in [0.4, 0.5) is 0 Å². The lowest BCUT2D eigenvalue weighted by Gasteiger charge is -2.32. The number of nitrogens with two attached hydrogens (primary N) is 1. The van der Waals surface area contributed by atoms with E-state index in [1.807, 2.05) is 12.1 Å². The number of fused-ring (bicyclic) bond motifs is 1. The smallest absolute Gasteiger partial charge is 0.175 e. The predicted octanol–water partition coefficient (Wildman–Crippen LogP) is 3.64. The van der Waals surface area contributed by atoms with Crippen LogP contribution in [0.2, 0.25) is 0 Å². The largest absolute Gasteiger partial charge is 0.504 e. The first-order chi connectivity index (χ1) is 15.3. The van der Waals surface area contributed by atoms with E-state index in [9.17, 15) is 18.6 Å². The first kappa shape index (κ1) is 24.6. The molecule has 0 fully saturated rings. The number of aromatic hydroxyl groups is 2. The van der Waals surface area contributed by atoms with E-state index in [4.69, 9.17) is 5.73 Å². The van der Waals surface area contributed by atoms with E-state index in [1.54, 1.807) is 24.3 Å². The Bertz CT molecular complexity index is 1010. The number of benzene rings is 2. The highest BCUT2D eigenvalue weighted by molar-refractivity contribution is 7.90. The third kappa shape index (κ3) is 6.47. The van der Waals surface area contributed by atoms with E-state index in [1.165, 1.54) is 6.26 Å². The zero-order chi connectivity index (χ0) is 23.1. The quantitative estimate of drug-likeness (QED) is 0.301. The third-order valence-electron chi connectivity index (χ3n) is 6.48. The Morgan fingerprint density at radius 1 is 1.06 bits per heavy atom. The van der Waals surface area contributed by atoms with Crippen LogP contribution in [0, 0.1) is 0 Å². The molecule has 1 aliphatic carbocycles. The highest BCUT2D eigenvalue weighted by Crippen LogP contribution is 2.42. The molecular weight excluding hydrogens is 424 g/mol. The molecule has 7 heteroatoms. The molecule has 6 nitrogen and oxygen atoms in total. The molecule has 5 N–H and O–H groups in total. The summed E-state index contributed by atoms with van der Waals surface area (Å²) in [5.41, 5.74) is 9.36. The van der Waals surface area contributed by atoms with Crippen molar-refractivity contribution in [3.8, 4) is 11.5 Å². The number of phenolic OH excluding ortho intramolecular Hbond substituents is 2. The molecule has 2 unspecified atom stereocenters. The Hall–Kier alpha value is -2.09. The molecule has 0 amide bonds. The first-order valence-corrected chi connectivity index (χ1v) is 13.5. The van der Waals surface area contributed by atoms with Crippen LogP contribution < -0.4 is 11.1 Å². The number of nitrogens with one attached hydrogen (secondary N) is 1. The fraction of sp³-hybridized carbons (Fsp3) is 0.520. The highest BCUT2D eigenvalue weighted by Gasteiger charge is 2.29. The molecule has 0 bridgehead atoms. The molecule has 2 atom stereocenters. The molecule has 0 saturated carbocycles. The Morgan fingerprint density at radius 3 is 2.62 bits per heavy atom. The van der Waals surface area contributed by atoms with E-state index in [0.29, 0.717) is 4.90 Å². The van der Waals surface area contributed by atoms with Gasteiger partial charge in [-0.1, -0.05) is 37.5 Å². The molecule has 0 spiro atoms. The molecule has 0 saturated heterocycles. The van der Waals surface area contributed by atoms with Crippen LogP contribution in [0.3, 0.4) is 0 Å². The lowest BCUT2D eigenvalue weighted by molar-refractivity contribution is 0.380. The van der Waals surface area contributed by atoms with Crippen LogP contribution >= 0.6 is 0 Å². The molecule has 32 heavy (non-hydrogen) atoms. The van der Waals surface area contributed by atoms with E-state index < -0.39 is 9.84 Å². The molecule has 0 heterocycles. The zero-order valence-electron chi connectivity index (χ0n) is 18.9. The van der Waals surface area contributed by atoms with Gasteiger partial charge in [0.2, 0.25) is 0 Å². The lowest BCUT2D eigenvalue weighted by atomic mass is 9.76. The minimum absolute atomic E-state index is 0.0218. The summed E-state index contributed by atoms with van der Waals surface area (Å²) in [6, 6.07) is 10.8. The second kappa shape index (κ2) is 11.2. The highest BCUT2D eigenvalue weighted by atomic mass is 32.2. The summed E-state index contributed by atoms with van der Waals surface area (Å²) >= 11 is 0. The summed E-state index contributed by atoms with van der Waals surface area (Å²) in [7, 11) is -3.16. The Kier molecular flexibility index (Phi) is 8.57. The van der Waals surface area contributed by atoms with Crippen molar-refractivity contribution in [1.82, 2.24) is 5.32 Å². The average molecular weight is 461 g/mol. The van der Waals surface area contributed by atoms with Gasteiger partial charge in [-0.05, 0) is 80.4 Å². The van der Waals surface area contributed by atoms with Gasteiger partial charge in [0, 0.05) is 17.9 Å². The molecule has 1 aliphatic rings. The maximum absolute atomic E-state index is 11.7. The van der Waals surface area contributed by atoms with Crippen LogP contribution in [0.1, 0.15) is 61.1 Å². The molecule has 2 aromatic carbocycles. The maximum Gasteiger partial charge on any atom is 0.175 e. The van der Waals surface area contributed by atoms with Crippen molar-refractivity contribution in [1.29, 1.82) is 0 Å². The maximum atomic E-state index is 11.7. The minimum Gasteiger partial charge on any atom is -0.504 e. The molecular formula is C25H36N2O4S. The van der Waals surface area contributed by atoms with Gasteiger partial charge in [0.05, 0.1) is 4.90 Å². The van der Waals surface area contributed by atoms with Crippen molar-refractivity contribution >= 4 is 9.84 Å². The first-order valence-electron chi connectivity index (χ1n) is 11.6. The van der Waals surface area contributed by atoms with Gasteiger partial charge >= 0.3 is 0 Å². The van der Waals surface area contributed by atoms with Gasteiger partial charge in [-0.2, -0.15) is 0 Å². The van der Waals surface area contributed by atoms with Gasteiger partial charge in [0.15, 0.2) is 21.3 Å². The van der Waals surface area contributed by atoms with Gasteiger partial charge in [-0.3, -0.25) is 0 Å². The molecule has 3 rings (SSSR count). The Morgan fingerprint density at radius 2 is 1.84 bits per heavy atom. The fourth-order valence-corrected chi connectivity index (χ4v) is 5.31. The topological polar surface area (TPSA) is 113 Å². The standard InChI is InChI=1S/C25H36N2O4S/c1-32(30,31)19-8-6-7-18(17-19)14-16-27-15-5-3-2-4-9-21-20-11-13-24(28)25(29)22(20)10-12-23(21)26/h6-8,11,13,17,21,23,27-29H,2-5,9-10,12,14-16,26H2,1H3. The van der Waals surface area contributed by atoms with Crippen LogP contribution in [0.5, 0.6) is 11.5 Å². The van der Waals surface area contributed by atoms with E-state index in [2.05, 4.69) is 5.32 Å². The SMILES string of the molecule is CS(=O)(=O)c1cccc(CCNCCCCCCC2c3ccc(O)c(O)c3CCC2N)c1. The van der Waals surface area contributed by atoms with E-state index >= 15 is 0 Å². The van der Waals surface area contributed by atoms with Crippen LogP contribution in [0.25, 0.3) is 0 Å². The second-order valence-corrected chi connectivity index (χ2v) is 10.9. The molecule has 2 aromatic rings. The van der Waals surface area contributed by atoms with E-state index in [-0.39, 0.29) is 23.5 Å². The summed E-state index contributed by atoms with van der Waals surface area (Å²) in [6.07, 6.45) is 9.09. The molecule has 0 aromatic heterocycles. The van der Waals surface area contributed by atoms with Crippen molar-refractivity contribution in [2.75, 3.05) is 19.3 Å². The van der Waals surface area contributed by atoms with Crippen LogP contribution in [-0.4, -0.2) is 44.0 Å². The Balaban J connectivity index is 1.32. The number of hydrogen-bond donors (Lipinski definition) is 4. The second-order valence-electron chi connectivity index (χ2n) is 8.93. The predicted molar refractivity (Wildman–Crippen MR) is 128 cm³/mol. The van der Waals surface area contributed by atoms with Crippen molar-refractivity contribution < 1.29 is 18.6 Å². The van der Waals surface area contributed by atoms with Gasteiger partial charge in [0.25, 0.3) is 0 Å². The summed E-state index contributed by atoms with van der Waals surface area (Å²) in [4.78, 5) is 0.377. The normalized spacial score (nSPS) is 18.4. The molecule has 0 aliphatic heterocycles. The van der Waals surface area contributed by atoms with E-state index in [0.717, 1.165) is 81.1 Å². The average Bonchev–Trinajstić information content (AvgIpc) is 2.76. The number of phenols is 2. The van der Waals surface area contributed by atoms with Crippen molar-refractivity contribution in [2.24, 2.45) is 5.73 Å². The van der Waals surface area contributed by atoms with Crippen molar-refractivity contribution in [3.05, 3.63) is 53.1 Å². The summed E-state index contributed by atoms with van der Waals surface area (Å²) in [5.74, 6) is 0.216. The molecule has 176 valence electrons. The van der Waals surface area contributed by atoms with Crippen molar-refractivity contribution in [2.45, 2.75) is 68.2 Å². The van der Waals surface area contributed by atoms with Gasteiger partial charge < -0.3 is 21.3 Å². The monoisotopic (exact) mass is 460 g/mol. The summed E-state index contributed by atoms with van der Waals surface area (Å²) in [6.45, 7) is 1.78. The number of unbranched alkanes of at least 4 members (excludes halogenated alkanes) is 3. The van der Waals surface area contributed by atoms with Gasteiger partial charge in [0.1, 0.15) is 0 Å². The fourth-order valence-electron chi connectivity index (χ4n) is 4.62. The molecule has 0 radical (unpaired) electrons. The third-order valence-corrected chi connectivity index (χ3v) is 7.59.